The lowest BCUT2D eigenvalue weighted by Gasteiger charge is -2.26. The van der Waals surface area contributed by atoms with E-state index in [9.17, 15) is 4.79 Å². The fourth-order valence-electron chi connectivity index (χ4n) is 2.08. The minimum Gasteiger partial charge on any atom is -0.490 e. The lowest BCUT2D eigenvalue weighted by atomic mass is 10.1. The van der Waals surface area contributed by atoms with Crippen molar-refractivity contribution in [2.24, 2.45) is 0 Å². The number of hydrogen-bond donors (Lipinski definition) is 0. The number of nitrogens with zero attached hydrogens (tertiary/aromatic N) is 1. The Labute approximate surface area is 84.7 Å². The molecule has 0 aliphatic carbocycles. The van der Waals surface area contributed by atoms with E-state index >= 15 is 0 Å². The molecule has 2 rings (SSSR count). The van der Waals surface area contributed by atoms with Gasteiger partial charge < -0.3 is 9.64 Å². The molecule has 3 nitrogen and oxygen atoms in total. The van der Waals surface area contributed by atoms with E-state index < -0.39 is 0 Å². The average molecular weight is 195 g/mol. The van der Waals surface area contributed by atoms with Crippen LogP contribution in [-0.2, 0) is 9.53 Å². The summed E-state index contributed by atoms with van der Waals surface area (Å²) in [4.78, 5) is 13.4. The Hall–Kier alpha value is -0.990. The molecule has 0 aromatic rings. The number of carbonyl (C=O) groups is 1. The smallest absolute Gasteiger partial charge is 0.250 e. The van der Waals surface area contributed by atoms with Crippen molar-refractivity contribution in [2.45, 2.75) is 45.3 Å². The number of fused-ring (bicyclic) bond motifs is 1. The molecule has 0 unspecified atom stereocenters. The Morgan fingerprint density at radius 1 is 1.50 bits per heavy atom. The summed E-state index contributed by atoms with van der Waals surface area (Å²) in [6, 6.07) is 0.224. The van der Waals surface area contributed by atoms with Gasteiger partial charge in [-0.25, -0.2) is 0 Å². The molecule has 0 N–H and O–H groups in total. The second kappa shape index (κ2) is 3.01. The molecule has 0 bridgehead atoms. The first-order chi connectivity index (χ1) is 6.47. The standard InChI is InChI=1S/C11H17NO2/c1-11(2,3)14-9-7-10(13)12-6-4-5-8(9)12/h7-8H,4-6H2,1-3H3/t8-/m0/s1. The summed E-state index contributed by atoms with van der Waals surface area (Å²) in [5, 5.41) is 0. The maximum absolute atomic E-state index is 11.5. The van der Waals surface area contributed by atoms with Gasteiger partial charge in [0, 0.05) is 12.6 Å². The quantitative estimate of drug-likeness (QED) is 0.637. The molecule has 78 valence electrons. The summed E-state index contributed by atoms with van der Waals surface area (Å²) in [6.45, 7) is 6.92. The fraction of sp³-hybridized carbons (Fsp3) is 0.727. The number of ether oxygens (including phenoxy) is 1. The van der Waals surface area contributed by atoms with Gasteiger partial charge in [-0.3, -0.25) is 4.79 Å². The lowest BCUT2D eigenvalue weighted by Crippen LogP contribution is -2.31. The molecule has 0 saturated carbocycles. The van der Waals surface area contributed by atoms with Crippen LogP contribution in [0.4, 0.5) is 0 Å². The van der Waals surface area contributed by atoms with Crippen LogP contribution in [0.15, 0.2) is 11.8 Å². The van der Waals surface area contributed by atoms with Gasteiger partial charge in [-0.1, -0.05) is 0 Å². The zero-order valence-corrected chi connectivity index (χ0v) is 9.04. The number of amides is 1. The third kappa shape index (κ3) is 1.63. The molecule has 1 amide bonds. The molecule has 14 heavy (non-hydrogen) atoms. The Morgan fingerprint density at radius 2 is 2.21 bits per heavy atom. The van der Waals surface area contributed by atoms with Crippen molar-refractivity contribution in [2.75, 3.05) is 6.54 Å². The van der Waals surface area contributed by atoms with Crippen molar-refractivity contribution >= 4 is 5.91 Å². The summed E-state index contributed by atoms with van der Waals surface area (Å²) < 4.78 is 5.78. The van der Waals surface area contributed by atoms with Gasteiger partial charge in [-0.2, -0.15) is 0 Å². The molecule has 1 saturated heterocycles. The van der Waals surface area contributed by atoms with Gasteiger partial charge in [-0.05, 0) is 33.6 Å². The summed E-state index contributed by atoms with van der Waals surface area (Å²) in [6.07, 6.45) is 3.80. The minimum absolute atomic E-state index is 0.117. The van der Waals surface area contributed by atoms with Crippen LogP contribution in [0.1, 0.15) is 33.6 Å². The Kier molecular flexibility index (Phi) is 2.05. The molecule has 0 spiro atoms. The minimum atomic E-state index is -0.204. The van der Waals surface area contributed by atoms with E-state index in [-0.39, 0.29) is 17.6 Å². The van der Waals surface area contributed by atoms with Crippen molar-refractivity contribution in [1.29, 1.82) is 0 Å². The van der Waals surface area contributed by atoms with E-state index in [0.717, 1.165) is 25.1 Å². The molecule has 0 aromatic carbocycles. The van der Waals surface area contributed by atoms with Gasteiger partial charge in [0.2, 0.25) is 0 Å². The van der Waals surface area contributed by atoms with Crippen LogP contribution >= 0.6 is 0 Å². The van der Waals surface area contributed by atoms with E-state index in [1.165, 1.54) is 0 Å². The van der Waals surface area contributed by atoms with E-state index in [1.54, 1.807) is 6.08 Å². The van der Waals surface area contributed by atoms with Crippen LogP contribution in [0.5, 0.6) is 0 Å². The maximum atomic E-state index is 11.5. The van der Waals surface area contributed by atoms with E-state index in [1.807, 2.05) is 25.7 Å². The van der Waals surface area contributed by atoms with Crippen LogP contribution in [0.3, 0.4) is 0 Å². The van der Waals surface area contributed by atoms with E-state index in [2.05, 4.69) is 0 Å². The summed E-state index contributed by atoms with van der Waals surface area (Å²) in [5.74, 6) is 0.978. The third-order valence-electron chi connectivity index (χ3n) is 2.55. The van der Waals surface area contributed by atoms with Crippen molar-refractivity contribution < 1.29 is 9.53 Å². The van der Waals surface area contributed by atoms with Gasteiger partial charge >= 0.3 is 0 Å². The van der Waals surface area contributed by atoms with E-state index in [0.29, 0.717) is 0 Å². The topological polar surface area (TPSA) is 29.5 Å². The molecule has 2 aliphatic rings. The molecule has 0 aromatic heterocycles. The molecule has 0 radical (unpaired) electrons. The van der Waals surface area contributed by atoms with E-state index in [4.69, 9.17) is 4.74 Å². The molecule has 1 fully saturated rings. The van der Waals surface area contributed by atoms with Crippen LogP contribution in [0.2, 0.25) is 0 Å². The highest BCUT2D eigenvalue weighted by Gasteiger charge is 2.38. The number of carbonyl (C=O) groups excluding carboxylic acids is 1. The van der Waals surface area contributed by atoms with Crippen LogP contribution in [0, 0.1) is 0 Å². The first kappa shape index (κ1) is 9.56. The fourth-order valence-corrected chi connectivity index (χ4v) is 2.08. The first-order valence-corrected chi connectivity index (χ1v) is 5.18. The van der Waals surface area contributed by atoms with Crippen molar-refractivity contribution in [3.63, 3.8) is 0 Å². The lowest BCUT2D eigenvalue weighted by molar-refractivity contribution is -0.125. The van der Waals surface area contributed by atoms with Gasteiger partial charge in [0.25, 0.3) is 5.91 Å². The zero-order valence-electron chi connectivity index (χ0n) is 9.04. The van der Waals surface area contributed by atoms with Gasteiger partial charge in [0.15, 0.2) is 0 Å². The second-order valence-corrected chi connectivity index (χ2v) is 4.95. The largest absolute Gasteiger partial charge is 0.490 e. The van der Waals surface area contributed by atoms with Crippen LogP contribution < -0.4 is 0 Å². The highest BCUT2D eigenvalue weighted by atomic mass is 16.5. The molecular formula is C11H17NO2. The third-order valence-corrected chi connectivity index (χ3v) is 2.55. The summed E-state index contributed by atoms with van der Waals surface area (Å²) in [5.41, 5.74) is -0.204. The maximum Gasteiger partial charge on any atom is 0.250 e. The van der Waals surface area contributed by atoms with Gasteiger partial charge in [0.1, 0.15) is 11.4 Å². The SMILES string of the molecule is CC(C)(C)OC1=CC(=O)N2CCC[C@@H]12. The molecule has 1 atom stereocenters. The van der Waals surface area contributed by atoms with Crippen LogP contribution in [-0.4, -0.2) is 29.0 Å². The van der Waals surface area contributed by atoms with Crippen molar-refractivity contribution in [1.82, 2.24) is 4.90 Å². The normalized spacial score (nSPS) is 26.5. The highest BCUT2D eigenvalue weighted by Crippen LogP contribution is 2.32. The predicted octanol–water partition coefficient (Wildman–Crippen LogP) is 1.69. The summed E-state index contributed by atoms with van der Waals surface area (Å²) in [7, 11) is 0. The monoisotopic (exact) mass is 195 g/mol. The molecule has 2 heterocycles. The predicted molar refractivity (Wildman–Crippen MR) is 53.7 cm³/mol. The zero-order chi connectivity index (χ0) is 10.3. The number of rotatable bonds is 1. The van der Waals surface area contributed by atoms with Gasteiger partial charge in [0.05, 0.1) is 6.04 Å². The van der Waals surface area contributed by atoms with Crippen LogP contribution in [0.25, 0.3) is 0 Å². The first-order valence-electron chi connectivity index (χ1n) is 5.18. The Bertz CT molecular complexity index is 288. The summed E-state index contributed by atoms with van der Waals surface area (Å²) >= 11 is 0. The van der Waals surface area contributed by atoms with Crippen molar-refractivity contribution in [3.05, 3.63) is 11.8 Å². The van der Waals surface area contributed by atoms with Crippen molar-refractivity contribution in [3.8, 4) is 0 Å². The molecule has 2 aliphatic heterocycles. The van der Waals surface area contributed by atoms with Gasteiger partial charge in [-0.15, -0.1) is 0 Å². The Morgan fingerprint density at radius 3 is 2.86 bits per heavy atom. The average Bonchev–Trinajstić information content (AvgIpc) is 2.54. The highest BCUT2D eigenvalue weighted by molar-refractivity contribution is 5.91. The number of hydrogen-bond acceptors (Lipinski definition) is 2. The molecular weight excluding hydrogens is 178 g/mol. The molecule has 3 heteroatoms. The Balaban J connectivity index is 2.13. The second-order valence-electron chi connectivity index (χ2n) is 4.95.